The minimum atomic E-state index is -0.138. The molecule has 3 nitrogen and oxygen atoms in total. The SMILES string of the molecule is CCNC(c1cccc(Cl)c1Cl)c1c(Cl)cnn1CC. The van der Waals surface area contributed by atoms with E-state index in [1.54, 1.807) is 12.3 Å². The Bertz CT molecular complexity index is 595. The Balaban J connectivity index is 2.56. The second-order valence-corrected chi connectivity index (χ2v) is 5.52. The van der Waals surface area contributed by atoms with Crippen LogP contribution in [-0.4, -0.2) is 16.3 Å². The molecular formula is C14H16Cl3N3. The van der Waals surface area contributed by atoms with Crippen molar-refractivity contribution in [2.75, 3.05) is 6.54 Å². The Labute approximate surface area is 133 Å². The molecule has 2 aromatic rings. The van der Waals surface area contributed by atoms with Crippen LogP contribution in [0.3, 0.4) is 0 Å². The van der Waals surface area contributed by atoms with Crippen molar-refractivity contribution < 1.29 is 0 Å². The summed E-state index contributed by atoms with van der Waals surface area (Å²) in [7, 11) is 0. The molecule has 0 fully saturated rings. The predicted molar refractivity (Wildman–Crippen MR) is 84.9 cm³/mol. The summed E-state index contributed by atoms with van der Waals surface area (Å²) in [5.41, 5.74) is 1.80. The Morgan fingerprint density at radius 3 is 2.60 bits per heavy atom. The van der Waals surface area contributed by atoms with Crippen LogP contribution in [0.25, 0.3) is 0 Å². The number of halogens is 3. The lowest BCUT2D eigenvalue weighted by atomic mass is 10.0. The van der Waals surface area contributed by atoms with Crippen molar-refractivity contribution in [3.63, 3.8) is 0 Å². The maximum absolute atomic E-state index is 6.34. The average molecular weight is 333 g/mol. The first-order valence-electron chi connectivity index (χ1n) is 6.48. The molecule has 0 spiro atoms. The molecule has 1 aromatic carbocycles. The number of nitrogens with one attached hydrogen (secondary N) is 1. The first kappa shape index (κ1) is 15.6. The van der Waals surface area contributed by atoms with Crippen LogP contribution in [0.2, 0.25) is 15.1 Å². The van der Waals surface area contributed by atoms with Crippen LogP contribution in [0.4, 0.5) is 0 Å². The lowest BCUT2D eigenvalue weighted by Gasteiger charge is -2.21. The van der Waals surface area contributed by atoms with Gasteiger partial charge in [0, 0.05) is 6.54 Å². The Hall–Kier alpha value is -0.740. The van der Waals surface area contributed by atoms with Gasteiger partial charge in [-0.25, -0.2) is 0 Å². The van der Waals surface area contributed by atoms with Gasteiger partial charge in [0.1, 0.15) is 0 Å². The second kappa shape index (κ2) is 6.81. The molecule has 0 aliphatic rings. The van der Waals surface area contributed by atoms with Crippen molar-refractivity contribution in [3.8, 4) is 0 Å². The molecule has 0 aliphatic carbocycles. The van der Waals surface area contributed by atoms with Crippen LogP contribution in [0, 0.1) is 0 Å². The van der Waals surface area contributed by atoms with E-state index in [1.165, 1.54) is 0 Å². The molecule has 0 radical (unpaired) electrons. The van der Waals surface area contributed by atoms with E-state index in [4.69, 9.17) is 34.8 Å². The van der Waals surface area contributed by atoms with E-state index in [9.17, 15) is 0 Å². The minimum absolute atomic E-state index is 0.138. The molecule has 108 valence electrons. The van der Waals surface area contributed by atoms with Gasteiger partial charge in [0.25, 0.3) is 0 Å². The average Bonchev–Trinajstić information content (AvgIpc) is 2.81. The van der Waals surface area contributed by atoms with Gasteiger partial charge in [0.05, 0.1) is 33.0 Å². The van der Waals surface area contributed by atoms with E-state index in [-0.39, 0.29) is 6.04 Å². The van der Waals surface area contributed by atoms with Gasteiger partial charge < -0.3 is 5.32 Å². The third kappa shape index (κ3) is 2.96. The van der Waals surface area contributed by atoms with Crippen molar-refractivity contribution in [1.29, 1.82) is 0 Å². The molecule has 1 heterocycles. The highest BCUT2D eigenvalue weighted by atomic mass is 35.5. The maximum Gasteiger partial charge on any atom is 0.0837 e. The van der Waals surface area contributed by atoms with E-state index in [2.05, 4.69) is 10.4 Å². The molecule has 6 heteroatoms. The van der Waals surface area contributed by atoms with E-state index in [0.717, 1.165) is 24.3 Å². The van der Waals surface area contributed by atoms with Crippen LogP contribution < -0.4 is 5.32 Å². The van der Waals surface area contributed by atoms with Crippen LogP contribution >= 0.6 is 34.8 Å². The summed E-state index contributed by atoms with van der Waals surface area (Å²) >= 11 is 18.8. The van der Waals surface area contributed by atoms with Crippen molar-refractivity contribution in [2.24, 2.45) is 0 Å². The molecule has 1 unspecified atom stereocenters. The van der Waals surface area contributed by atoms with Crippen LogP contribution in [0.1, 0.15) is 31.1 Å². The van der Waals surface area contributed by atoms with E-state index < -0.39 is 0 Å². The Morgan fingerprint density at radius 2 is 1.95 bits per heavy atom. The number of hydrogen-bond acceptors (Lipinski definition) is 2. The number of nitrogens with zero attached hydrogens (tertiary/aromatic N) is 2. The smallest absolute Gasteiger partial charge is 0.0837 e. The summed E-state index contributed by atoms with van der Waals surface area (Å²) in [5.74, 6) is 0. The third-order valence-corrected chi connectivity index (χ3v) is 4.23. The second-order valence-electron chi connectivity index (χ2n) is 4.33. The summed E-state index contributed by atoms with van der Waals surface area (Å²) in [6.07, 6.45) is 1.66. The third-order valence-electron chi connectivity index (χ3n) is 3.11. The number of hydrogen-bond donors (Lipinski definition) is 1. The van der Waals surface area contributed by atoms with Crippen LogP contribution in [0.5, 0.6) is 0 Å². The first-order chi connectivity index (χ1) is 9.60. The van der Waals surface area contributed by atoms with E-state index in [0.29, 0.717) is 15.1 Å². The molecule has 2 rings (SSSR count). The number of aryl methyl sites for hydroxylation is 1. The lowest BCUT2D eigenvalue weighted by molar-refractivity contribution is 0.542. The summed E-state index contributed by atoms with van der Waals surface area (Å²) in [5, 5.41) is 9.37. The van der Waals surface area contributed by atoms with Crippen molar-refractivity contribution in [1.82, 2.24) is 15.1 Å². The highest BCUT2D eigenvalue weighted by molar-refractivity contribution is 6.42. The monoisotopic (exact) mass is 331 g/mol. The molecule has 1 aromatic heterocycles. The van der Waals surface area contributed by atoms with Gasteiger partial charge in [-0.2, -0.15) is 5.10 Å². The molecule has 0 bridgehead atoms. The molecule has 1 N–H and O–H groups in total. The fraction of sp³-hybridized carbons (Fsp3) is 0.357. The zero-order chi connectivity index (χ0) is 14.7. The standard InChI is InChI=1S/C14H16Cl3N3/c1-3-18-13(9-6-5-7-10(15)12(9)17)14-11(16)8-19-20(14)4-2/h5-8,13,18H,3-4H2,1-2H3. The molecule has 0 saturated heterocycles. The van der Waals surface area contributed by atoms with Crippen LogP contribution in [-0.2, 0) is 6.54 Å². The largest absolute Gasteiger partial charge is 0.305 e. The van der Waals surface area contributed by atoms with Gasteiger partial charge in [-0.1, -0.05) is 53.9 Å². The number of aromatic nitrogens is 2. The summed E-state index contributed by atoms with van der Waals surface area (Å²) in [6.45, 7) is 5.57. The zero-order valence-electron chi connectivity index (χ0n) is 11.3. The topological polar surface area (TPSA) is 29.9 Å². The molecule has 0 aliphatic heterocycles. The summed E-state index contributed by atoms with van der Waals surface area (Å²) in [6, 6.07) is 5.47. The molecule has 0 amide bonds. The molecule has 20 heavy (non-hydrogen) atoms. The Morgan fingerprint density at radius 1 is 1.20 bits per heavy atom. The van der Waals surface area contributed by atoms with Crippen LogP contribution in [0.15, 0.2) is 24.4 Å². The normalized spacial score (nSPS) is 12.7. The molecule has 0 saturated carbocycles. The fourth-order valence-corrected chi connectivity index (χ4v) is 2.88. The van der Waals surface area contributed by atoms with E-state index in [1.807, 2.05) is 30.7 Å². The minimum Gasteiger partial charge on any atom is -0.305 e. The van der Waals surface area contributed by atoms with Gasteiger partial charge in [-0.3, -0.25) is 4.68 Å². The fourth-order valence-electron chi connectivity index (χ4n) is 2.21. The molecular weight excluding hydrogens is 317 g/mol. The van der Waals surface area contributed by atoms with Gasteiger partial charge in [0.2, 0.25) is 0 Å². The Kier molecular flexibility index (Phi) is 5.33. The molecule has 1 atom stereocenters. The van der Waals surface area contributed by atoms with E-state index >= 15 is 0 Å². The predicted octanol–water partition coefficient (Wildman–Crippen LogP) is 4.56. The summed E-state index contributed by atoms with van der Waals surface area (Å²) < 4.78 is 1.87. The number of rotatable bonds is 5. The first-order valence-corrected chi connectivity index (χ1v) is 7.62. The zero-order valence-corrected chi connectivity index (χ0v) is 13.6. The van der Waals surface area contributed by atoms with Gasteiger partial charge in [-0.15, -0.1) is 0 Å². The number of benzene rings is 1. The lowest BCUT2D eigenvalue weighted by Crippen LogP contribution is -2.25. The highest BCUT2D eigenvalue weighted by Crippen LogP contribution is 2.35. The van der Waals surface area contributed by atoms with Crippen molar-refractivity contribution in [3.05, 3.63) is 50.7 Å². The van der Waals surface area contributed by atoms with Gasteiger partial charge in [-0.05, 0) is 25.1 Å². The quantitative estimate of drug-likeness (QED) is 0.869. The highest BCUT2D eigenvalue weighted by Gasteiger charge is 2.23. The van der Waals surface area contributed by atoms with Gasteiger partial charge >= 0.3 is 0 Å². The van der Waals surface area contributed by atoms with Gasteiger partial charge in [0.15, 0.2) is 0 Å². The maximum atomic E-state index is 6.34. The van der Waals surface area contributed by atoms with Crippen molar-refractivity contribution >= 4 is 34.8 Å². The van der Waals surface area contributed by atoms with Crippen molar-refractivity contribution in [2.45, 2.75) is 26.4 Å². The summed E-state index contributed by atoms with van der Waals surface area (Å²) in [4.78, 5) is 0.